The molecule has 5 heteroatoms. The molecule has 1 saturated heterocycles. The molecule has 1 aromatic carbocycles. The highest BCUT2D eigenvalue weighted by atomic mass is 19.1. The summed E-state index contributed by atoms with van der Waals surface area (Å²) >= 11 is 0. The third kappa shape index (κ3) is 4.23. The lowest BCUT2D eigenvalue weighted by Gasteiger charge is -2.28. The SMILES string of the molecule is COCCNCC1(Cc2cc(F)cc(F)c2)CCOC1. The maximum atomic E-state index is 13.3. The van der Waals surface area contributed by atoms with E-state index in [2.05, 4.69) is 5.32 Å². The number of methoxy groups -OCH3 is 1. The van der Waals surface area contributed by atoms with Gasteiger partial charge >= 0.3 is 0 Å². The van der Waals surface area contributed by atoms with Crippen LogP contribution >= 0.6 is 0 Å². The number of halogens is 2. The van der Waals surface area contributed by atoms with Gasteiger partial charge in [0, 0.05) is 38.3 Å². The minimum atomic E-state index is -0.526. The largest absolute Gasteiger partial charge is 0.383 e. The standard InChI is InChI=1S/C15H21F2NO2/c1-19-5-3-18-10-15(2-4-20-11-15)9-12-6-13(16)8-14(17)7-12/h6-8,18H,2-5,9-11H2,1H3. The summed E-state index contributed by atoms with van der Waals surface area (Å²) in [5, 5.41) is 3.33. The Kier molecular flexibility index (Phi) is 5.46. The van der Waals surface area contributed by atoms with Crippen molar-refractivity contribution in [2.75, 3.05) is 40.0 Å². The van der Waals surface area contributed by atoms with Crippen molar-refractivity contribution in [3.8, 4) is 0 Å². The summed E-state index contributed by atoms with van der Waals surface area (Å²) in [6.45, 7) is 3.48. The fourth-order valence-corrected chi connectivity index (χ4v) is 2.66. The lowest BCUT2D eigenvalue weighted by molar-refractivity contribution is 0.144. The van der Waals surface area contributed by atoms with E-state index in [0.29, 0.717) is 31.8 Å². The third-order valence-electron chi connectivity index (χ3n) is 3.67. The van der Waals surface area contributed by atoms with Crippen molar-refractivity contribution in [2.24, 2.45) is 5.41 Å². The van der Waals surface area contributed by atoms with Gasteiger partial charge in [-0.1, -0.05) is 0 Å². The first-order chi connectivity index (χ1) is 9.63. The highest BCUT2D eigenvalue weighted by Gasteiger charge is 2.34. The van der Waals surface area contributed by atoms with Crippen LogP contribution in [0.3, 0.4) is 0 Å². The van der Waals surface area contributed by atoms with Crippen molar-refractivity contribution in [3.63, 3.8) is 0 Å². The lowest BCUT2D eigenvalue weighted by Crippen LogP contribution is -2.38. The number of ether oxygens (including phenoxy) is 2. The fourth-order valence-electron chi connectivity index (χ4n) is 2.66. The zero-order valence-electron chi connectivity index (χ0n) is 11.8. The van der Waals surface area contributed by atoms with Gasteiger partial charge in [-0.25, -0.2) is 8.78 Å². The van der Waals surface area contributed by atoms with Crippen molar-refractivity contribution in [2.45, 2.75) is 12.8 Å². The molecular weight excluding hydrogens is 264 g/mol. The summed E-state index contributed by atoms with van der Waals surface area (Å²) in [7, 11) is 1.66. The average molecular weight is 285 g/mol. The first-order valence-electron chi connectivity index (χ1n) is 6.86. The molecule has 1 aliphatic heterocycles. The van der Waals surface area contributed by atoms with E-state index in [-0.39, 0.29) is 5.41 Å². The topological polar surface area (TPSA) is 30.5 Å². The predicted molar refractivity (Wildman–Crippen MR) is 72.7 cm³/mol. The average Bonchev–Trinajstić information content (AvgIpc) is 2.82. The summed E-state index contributed by atoms with van der Waals surface area (Å²) in [5.74, 6) is -1.05. The van der Waals surface area contributed by atoms with Gasteiger partial charge < -0.3 is 14.8 Å². The molecule has 2 rings (SSSR count). The summed E-state index contributed by atoms with van der Waals surface area (Å²) in [4.78, 5) is 0. The Labute approximate surface area is 118 Å². The van der Waals surface area contributed by atoms with Gasteiger partial charge in [0.25, 0.3) is 0 Å². The van der Waals surface area contributed by atoms with Crippen LogP contribution in [0.1, 0.15) is 12.0 Å². The molecule has 0 spiro atoms. The quantitative estimate of drug-likeness (QED) is 0.779. The van der Waals surface area contributed by atoms with Crippen molar-refractivity contribution >= 4 is 0 Å². The van der Waals surface area contributed by atoms with Gasteiger partial charge in [0.1, 0.15) is 11.6 Å². The van der Waals surface area contributed by atoms with E-state index in [0.717, 1.165) is 25.6 Å². The highest BCUT2D eigenvalue weighted by molar-refractivity contribution is 5.20. The summed E-state index contributed by atoms with van der Waals surface area (Å²) in [5.41, 5.74) is 0.593. The molecule has 0 bridgehead atoms. The van der Waals surface area contributed by atoms with E-state index >= 15 is 0 Å². The summed E-state index contributed by atoms with van der Waals surface area (Å²) in [6, 6.07) is 3.70. The molecule has 0 saturated carbocycles. The third-order valence-corrected chi connectivity index (χ3v) is 3.67. The smallest absolute Gasteiger partial charge is 0.126 e. The zero-order chi connectivity index (χ0) is 14.4. The Bertz CT molecular complexity index is 414. The van der Waals surface area contributed by atoms with Gasteiger partial charge in [-0.05, 0) is 30.5 Å². The maximum absolute atomic E-state index is 13.3. The molecule has 1 heterocycles. The van der Waals surface area contributed by atoms with Crippen LogP contribution in [0.15, 0.2) is 18.2 Å². The first-order valence-corrected chi connectivity index (χ1v) is 6.86. The van der Waals surface area contributed by atoms with Crippen molar-refractivity contribution < 1.29 is 18.3 Å². The number of hydrogen-bond acceptors (Lipinski definition) is 3. The van der Waals surface area contributed by atoms with E-state index < -0.39 is 11.6 Å². The minimum Gasteiger partial charge on any atom is -0.383 e. The van der Waals surface area contributed by atoms with Gasteiger partial charge in [-0.15, -0.1) is 0 Å². The second-order valence-corrected chi connectivity index (χ2v) is 5.43. The van der Waals surface area contributed by atoms with E-state index in [4.69, 9.17) is 9.47 Å². The molecule has 0 amide bonds. The van der Waals surface area contributed by atoms with Crippen molar-refractivity contribution in [1.82, 2.24) is 5.32 Å². The molecule has 0 radical (unpaired) electrons. The molecule has 1 unspecified atom stereocenters. The molecule has 1 fully saturated rings. The molecule has 0 aromatic heterocycles. The van der Waals surface area contributed by atoms with Gasteiger partial charge in [0.2, 0.25) is 0 Å². The molecular formula is C15H21F2NO2. The number of rotatable bonds is 7. The Hall–Kier alpha value is -1.04. The number of nitrogens with one attached hydrogen (secondary N) is 1. The molecule has 1 aromatic rings. The molecule has 20 heavy (non-hydrogen) atoms. The summed E-state index contributed by atoms with van der Waals surface area (Å²) < 4.78 is 37.0. The van der Waals surface area contributed by atoms with Crippen LogP contribution in [0.25, 0.3) is 0 Å². The molecule has 3 nitrogen and oxygen atoms in total. The lowest BCUT2D eigenvalue weighted by atomic mass is 9.81. The fraction of sp³-hybridized carbons (Fsp3) is 0.600. The molecule has 1 N–H and O–H groups in total. The Morgan fingerprint density at radius 1 is 1.30 bits per heavy atom. The monoisotopic (exact) mass is 285 g/mol. The second kappa shape index (κ2) is 7.11. The molecule has 112 valence electrons. The zero-order valence-corrected chi connectivity index (χ0v) is 11.8. The van der Waals surface area contributed by atoms with Crippen LogP contribution in [0.5, 0.6) is 0 Å². The van der Waals surface area contributed by atoms with Crippen LogP contribution < -0.4 is 5.32 Å². The number of benzene rings is 1. The summed E-state index contributed by atoms with van der Waals surface area (Å²) in [6.07, 6.45) is 1.51. The van der Waals surface area contributed by atoms with E-state index in [1.807, 2.05) is 0 Å². The van der Waals surface area contributed by atoms with E-state index in [1.165, 1.54) is 12.1 Å². The van der Waals surface area contributed by atoms with Gasteiger partial charge in [0.15, 0.2) is 0 Å². The predicted octanol–water partition coefficient (Wildman–Crippen LogP) is 2.15. The van der Waals surface area contributed by atoms with Gasteiger partial charge in [-0.3, -0.25) is 0 Å². The maximum Gasteiger partial charge on any atom is 0.126 e. The number of hydrogen-bond donors (Lipinski definition) is 1. The van der Waals surface area contributed by atoms with Crippen LogP contribution in [-0.4, -0.2) is 40.0 Å². The van der Waals surface area contributed by atoms with E-state index in [1.54, 1.807) is 7.11 Å². The van der Waals surface area contributed by atoms with Crippen molar-refractivity contribution in [3.05, 3.63) is 35.4 Å². The Morgan fingerprint density at radius 2 is 2.05 bits per heavy atom. The van der Waals surface area contributed by atoms with Crippen LogP contribution in [0.2, 0.25) is 0 Å². The first kappa shape index (κ1) is 15.4. The Balaban J connectivity index is 2.00. The van der Waals surface area contributed by atoms with Crippen LogP contribution in [-0.2, 0) is 15.9 Å². The minimum absolute atomic E-state index is 0.0893. The van der Waals surface area contributed by atoms with Crippen molar-refractivity contribution in [1.29, 1.82) is 0 Å². The second-order valence-electron chi connectivity index (χ2n) is 5.43. The molecule has 1 aliphatic rings. The van der Waals surface area contributed by atoms with Gasteiger partial charge in [-0.2, -0.15) is 0 Å². The highest BCUT2D eigenvalue weighted by Crippen LogP contribution is 2.32. The Morgan fingerprint density at radius 3 is 2.65 bits per heavy atom. The van der Waals surface area contributed by atoms with Crippen LogP contribution in [0.4, 0.5) is 8.78 Å². The van der Waals surface area contributed by atoms with Gasteiger partial charge in [0.05, 0.1) is 13.2 Å². The van der Waals surface area contributed by atoms with Crippen LogP contribution in [0, 0.1) is 17.0 Å². The molecule has 1 atom stereocenters. The molecule has 0 aliphatic carbocycles. The normalized spacial score (nSPS) is 22.4. The van der Waals surface area contributed by atoms with E-state index in [9.17, 15) is 8.78 Å².